The van der Waals surface area contributed by atoms with Crippen LogP contribution in [0.1, 0.15) is 49.0 Å². The lowest BCUT2D eigenvalue weighted by Crippen LogP contribution is -2.48. The van der Waals surface area contributed by atoms with Crippen LogP contribution in [0.5, 0.6) is 0 Å². The van der Waals surface area contributed by atoms with Crippen LogP contribution in [-0.4, -0.2) is 61.0 Å². The summed E-state index contributed by atoms with van der Waals surface area (Å²) in [5.41, 5.74) is 4.15. The number of anilines is 2. The van der Waals surface area contributed by atoms with Gasteiger partial charge in [-0.2, -0.15) is 0 Å². The predicted molar refractivity (Wildman–Crippen MR) is 129 cm³/mol. The highest BCUT2D eigenvalue weighted by Gasteiger charge is 2.37. The fourth-order valence-corrected chi connectivity index (χ4v) is 5.29. The number of benzene rings is 2. The van der Waals surface area contributed by atoms with Crippen LogP contribution in [0.2, 0.25) is 0 Å². The lowest BCUT2D eigenvalue weighted by molar-refractivity contribution is 0.0634. The van der Waals surface area contributed by atoms with E-state index in [4.69, 9.17) is 0 Å². The number of rotatable bonds is 3. The van der Waals surface area contributed by atoms with Crippen LogP contribution in [0.4, 0.5) is 11.4 Å². The molecule has 2 aromatic carbocycles. The number of fused-ring (bicyclic) bond motifs is 3. The molecule has 1 amide bonds. The minimum atomic E-state index is 0.116. The van der Waals surface area contributed by atoms with E-state index in [0.717, 1.165) is 42.9 Å². The molecule has 2 bridgehead atoms. The highest BCUT2D eigenvalue weighted by atomic mass is 16.2. The lowest BCUT2D eigenvalue weighted by atomic mass is 10.1. The first-order valence-corrected chi connectivity index (χ1v) is 11.6. The van der Waals surface area contributed by atoms with Gasteiger partial charge >= 0.3 is 0 Å². The average Bonchev–Trinajstić information content (AvgIpc) is 3.14. The van der Waals surface area contributed by atoms with Crippen molar-refractivity contribution in [2.75, 3.05) is 37.4 Å². The smallest absolute Gasteiger partial charge is 0.254 e. The van der Waals surface area contributed by atoms with Gasteiger partial charge in [0.2, 0.25) is 0 Å². The maximum atomic E-state index is 13.8. The van der Waals surface area contributed by atoms with E-state index in [2.05, 4.69) is 53.2 Å². The van der Waals surface area contributed by atoms with Crippen LogP contribution >= 0.6 is 0 Å². The van der Waals surface area contributed by atoms with Gasteiger partial charge in [-0.1, -0.05) is 24.3 Å². The zero-order chi connectivity index (χ0) is 22.0. The topological polar surface area (TPSA) is 38.8 Å². The van der Waals surface area contributed by atoms with E-state index in [1.165, 1.54) is 12.0 Å². The Hall–Kier alpha value is -2.53. The minimum absolute atomic E-state index is 0.116. The second-order valence-electron chi connectivity index (χ2n) is 9.43. The third-order valence-electron chi connectivity index (χ3n) is 6.77. The van der Waals surface area contributed by atoms with Gasteiger partial charge in [0.15, 0.2) is 0 Å². The maximum absolute atomic E-state index is 13.8. The summed E-state index contributed by atoms with van der Waals surface area (Å²) in [7, 11) is 4.02. The van der Waals surface area contributed by atoms with Gasteiger partial charge in [-0.3, -0.25) is 9.69 Å². The Bertz CT molecular complexity index is 910. The van der Waals surface area contributed by atoms with Gasteiger partial charge < -0.3 is 15.1 Å². The van der Waals surface area contributed by atoms with E-state index in [0.29, 0.717) is 24.7 Å². The van der Waals surface area contributed by atoms with Crippen molar-refractivity contribution in [1.82, 2.24) is 9.80 Å². The van der Waals surface area contributed by atoms with E-state index >= 15 is 0 Å². The van der Waals surface area contributed by atoms with Gasteiger partial charge in [-0.05, 0) is 62.9 Å². The first-order chi connectivity index (χ1) is 14.9. The zero-order valence-corrected chi connectivity index (χ0v) is 19.3. The van der Waals surface area contributed by atoms with E-state index in [1.54, 1.807) is 0 Å². The van der Waals surface area contributed by atoms with Crippen molar-refractivity contribution in [3.05, 3.63) is 59.7 Å². The normalized spacial score (nSPS) is 21.9. The van der Waals surface area contributed by atoms with Crippen molar-refractivity contribution < 1.29 is 4.79 Å². The molecule has 1 fully saturated rings. The van der Waals surface area contributed by atoms with Crippen LogP contribution < -0.4 is 10.2 Å². The molecule has 2 heterocycles. The fraction of sp³-hybridized carbons (Fsp3) is 0.500. The van der Waals surface area contributed by atoms with E-state index in [9.17, 15) is 4.79 Å². The summed E-state index contributed by atoms with van der Waals surface area (Å²) < 4.78 is 0. The second kappa shape index (κ2) is 9.31. The largest absolute Gasteiger partial charge is 0.385 e. The van der Waals surface area contributed by atoms with Crippen LogP contribution in [0.3, 0.4) is 0 Å². The Morgan fingerprint density at radius 3 is 2.58 bits per heavy atom. The predicted octanol–water partition coefficient (Wildman–Crippen LogP) is 4.45. The van der Waals surface area contributed by atoms with Crippen molar-refractivity contribution >= 4 is 17.3 Å². The number of hydrogen-bond donors (Lipinski definition) is 1. The summed E-state index contributed by atoms with van der Waals surface area (Å²) in [5.74, 6) is 0.116. The van der Waals surface area contributed by atoms with Crippen LogP contribution in [0.25, 0.3) is 0 Å². The Kier molecular flexibility index (Phi) is 6.51. The molecular weight excluding hydrogens is 384 g/mol. The van der Waals surface area contributed by atoms with Crippen LogP contribution in [-0.2, 0) is 6.54 Å². The standard InChI is InChI=1S/C26H36N4O/c1-19(2)30-22-12-13-24(30)18-29(17-21-8-5-6-11-25(21)27-15-14-22)26(31)20-9-7-10-23(16-20)28(3)4/h5-11,16,19,22,24,27H,12-15,17-18H2,1-4H3/t22-,24+/m1/s1. The molecule has 0 radical (unpaired) electrons. The Morgan fingerprint density at radius 1 is 1.03 bits per heavy atom. The van der Waals surface area contributed by atoms with Gasteiger partial charge in [0.05, 0.1) is 0 Å². The van der Waals surface area contributed by atoms with Gasteiger partial charge in [0.25, 0.3) is 5.91 Å². The van der Waals surface area contributed by atoms with Gasteiger partial charge in [0, 0.05) is 68.8 Å². The van der Waals surface area contributed by atoms with Gasteiger partial charge in [0.1, 0.15) is 0 Å². The molecular formula is C26H36N4O. The molecule has 166 valence electrons. The molecule has 0 spiro atoms. The van der Waals surface area contributed by atoms with Crippen molar-refractivity contribution in [2.45, 2.75) is 57.8 Å². The van der Waals surface area contributed by atoms with Gasteiger partial charge in [-0.15, -0.1) is 0 Å². The number of amides is 1. The third kappa shape index (κ3) is 4.72. The SMILES string of the molecule is CC(C)N1[C@H]2CCNc3ccccc3CN(C(=O)c3cccc(N(C)C)c3)C[C@@H]1CC2. The number of carbonyl (C=O) groups excluding carboxylic acids is 1. The molecule has 1 saturated heterocycles. The molecule has 0 aromatic heterocycles. The van der Waals surface area contributed by atoms with E-state index < -0.39 is 0 Å². The maximum Gasteiger partial charge on any atom is 0.254 e. The Morgan fingerprint density at radius 2 is 1.81 bits per heavy atom. The summed E-state index contributed by atoms with van der Waals surface area (Å²) in [6.45, 7) is 6.95. The first kappa shape index (κ1) is 21.7. The summed E-state index contributed by atoms with van der Waals surface area (Å²) >= 11 is 0. The van der Waals surface area contributed by atoms with Crippen LogP contribution in [0.15, 0.2) is 48.5 Å². The van der Waals surface area contributed by atoms with Gasteiger partial charge in [-0.25, -0.2) is 0 Å². The zero-order valence-electron chi connectivity index (χ0n) is 19.3. The molecule has 5 nitrogen and oxygen atoms in total. The Labute approximate surface area is 187 Å². The molecule has 5 heteroatoms. The third-order valence-corrected chi connectivity index (χ3v) is 6.77. The summed E-state index contributed by atoms with van der Waals surface area (Å²) in [4.78, 5) is 20.5. The number of carbonyl (C=O) groups is 1. The van der Waals surface area contributed by atoms with Crippen molar-refractivity contribution in [3.8, 4) is 0 Å². The Balaban J connectivity index is 1.69. The molecule has 2 atom stereocenters. The molecule has 2 aliphatic heterocycles. The highest BCUT2D eigenvalue weighted by Crippen LogP contribution is 2.31. The summed E-state index contributed by atoms with van der Waals surface area (Å²) in [5, 5.41) is 3.65. The van der Waals surface area contributed by atoms with Crippen molar-refractivity contribution in [2.24, 2.45) is 0 Å². The number of nitrogens with zero attached hydrogens (tertiary/aromatic N) is 3. The molecule has 4 rings (SSSR count). The van der Waals surface area contributed by atoms with E-state index in [1.807, 2.05) is 43.3 Å². The first-order valence-electron chi connectivity index (χ1n) is 11.6. The monoisotopic (exact) mass is 420 g/mol. The van der Waals surface area contributed by atoms with Crippen molar-refractivity contribution in [3.63, 3.8) is 0 Å². The molecule has 2 aliphatic rings. The van der Waals surface area contributed by atoms with E-state index in [-0.39, 0.29) is 5.91 Å². The average molecular weight is 421 g/mol. The molecule has 1 N–H and O–H groups in total. The lowest BCUT2D eigenvalue weighted by Gasteiger charge is -2.36. The number of nitrogens with one attached hydrogen (secondary N) is 1. The summed E-state index contributed by atoms with van der Waals surface area (Å²) in [6, 6.07) is 17.9. The number of hydrogen-bond acceptors (Lipinski definition) is 4. The van der Waals surface area contributed by atoms with Crippen molar-refractivity contribution in [1.29, 1.82) is 0 Å². The molecule has 2 aromatic rings. The summed E-state index contributed by atoms with van der Waals surface area (Å²) in [6.07, 6.45) is 3.51. The quantitative estimate of drug-likeness (QED) is 0.796. The molecule has 0 unspecified atom stereocenters. The highest BCUT2D eigenvalue weighted by molar-refractivity contribution is 5.95. The molecule has 0 saturated carbocycles. The number of para-hydroxylation sites is 1. The van der Waals surface area contributed by atoms with Crippen LogP contribution in [0, 0.1) is 0 Å². The second-order valence-corrected chi connectivity index (χ2v) is 9.43. The molecule has 31 heavy (non-hydrogen) atoms. The fourth-order valence-electron chi connectivity index (χ4n) is 5.29. The molecule has 0 aliphatic carbocycles. The minimum Gasteiger partial charge on any atom is -0.385 e.